The van der Waals surface area contributed by atoms with E-state index in [2.05, 4.69) is 59.0 Å². The summed E-state index contributed by atoms with van der Waals surface area (Å²) in [6, 6.07) is 0. The van der Waals surface area contributed by atoms with Gasteiger partial charge in [0.15, 0.2) is 0 Å². The number of hydrogen-bond donors (Lipinski definition) is 1. The van der Waals surface area contributed by atoms with Gasteiger partial charge in [0.05, 0.1) is 0 Å². The second kappa shape index (κ2) is 8.74. The Bertz CT molecular complexity index is 160. The summed E-state index contributed by atoms with van der Waals surface area (Å²) in [5.74, 6) is 3.12. The van der Waals surface area contributed by atoms with Gasteiger partial charge in [-0.1, -0.05) is 47.5 Å². The fourth-order valence-corrected chi connectivity index (χ4v) is 4.01. The minimum absolute atomic E-state index is 0.487. The van der Waals surface area contributed by atoms with Crippen molar-refractivity contribution in [2.45, 2.75) is 65.6 Å². The van der Waals surface area contributed by atoms with E-state index in [1.54, 1.807) is 0 Å². The quantitative estimate of drug-likeness (QED) is 0.552. The van der Waals surface area contributed by atoms with E-state index >= 15 is 0 Å². The maximum atomic E-state index is 4.61. The lowest BCUT2D eigenvalue weighted by Crippen LogP contribution is -2.27. The molecule has 0 saturated carbocycles. The van der Waals surface area contributed by atoms with Gasteiger partial charge in [0.2, 0.25) is 0 Å². The van der Waals surface area contributed by atoms with Gasteiger partial charge in [0.25, 0.3) is 0 Å². The molecule has 0 aromatic heterocycles. The molecule has 0 aliphatic rings. The summed E-state index contributed by atoms with van der Waals surface area (Å²) in [5, 5.41) is 0.771. The molecular weight excluding hydrogens is 232 g/mol. The van der Waals surface area contributed by atoms with E-state index < -0.39 is 0 Å². The van der Waals surface area contributed by atoms with Crippen molar-refractivity contribution in [2.24, 2.45) is 11.3 Å². The van der Waals surface area contributed by atoms with Gasteiger partial charge >= 0.3 is 0 Å². The fraction of sp³-hybridized carbons (Fsp3) is 1.00. The maximum absolute atomic E-state index is 4.61. The molecule has 0 aliphatic carbocycles. The van der Waals surface area contributed by atoms with Gasteiger partial charge in [-0.2, -0.15) is 24.4 Å². The fourth-order valence-electron chi connectivity index (χ4n) is 2.03. The van der Waals surface area contributed by atoms with Crippen LogP contribution in [0.25, 0.3) is 0 Å². The average Bonchev–Trinajstić information content (AvgIpc) is 2.25. The summed E-state index contributed by atoms with van der Waals surface area (Å²) in [5.41, 5.74) is 0.487. The molecule has 0 radical (unpaired) electrons. The highest BCUT2D eigenvalue weighted by Crippen LogP contribution is 2.37. The number of thioether (sulfide) groups is 1. The molecule has 0 aromatic carbocycles. The molecule has 0 rings (SSSR count). The topological polar surface area (TPSA) is 0 Å². The summed E-state index contributed by atoms with van der Waals surface area (Å²) in [7, 11) is 0. The van der Waals surface area contributed by atoms with E-state index in [9.17, 15) is 0 Å². The molecule has 0 spiro atoms. The third-order valence-electron chi connectivity index (χ3n) is 3.49. The SMILES string of the molecule is CCCC(CS)(CCC)CSC(C)C(C)C. The summed E-state index contributed by atoms with van der Waals surface area (Å²) in [6.45, 7) is 11.6. The summed E-state index contributed by atoms with van der Waals surface area (Å²) >= 11 is 6.76. The minimum atomic E-state index is 0.487. The lowest BCUT2D eigenvalue weighted by Gasteiger charge is -2.33. The Morgan fingerprint density at radius 1 is 1.06 bits per heavy atom. The number of hydrogen-bond acceptors (Lipinski definition) is 2. The molecule has 98 valence electrons. The minimum Gasteiger partial charge on any atom is -0.179 e. The molecule has 0 amide bonds. The zero-order valence-electron chi connectivity index (χ0n) is 11.8. The predicted octanol–water partition coefficient (Wildman–Crippen LogP) is 5.28. The number of thiol groups is 1. The Labute approximate surface area is 113 Å². The Hall–Kier alpha value is 0.700. The van der Waals surface area contributed by atoms with E-state index in [0.717, 1.165) is 16.9 Å². The monoisotopic (exact) mass is 262 g/mol. The zero-order chi connectivity index (χ0) is 12.6. The molecular formula is C14H30S2. The van der Waals surface area contributed by atoms with E-state index in [4.69, 9.17) is 0 Å². The normalized spacial score (nSPS) is 14.4. The first-order valence-electron chi connectivity index (χ1n) is 6.73. The van der Waals surface area contributed by atoms with Crippen LogP contribution in [0.5, 0.6) is 0 Å². The highest BCUT2D eigenvalue weighted by molar-refractivity contribution is 7.99. The van der Waals surface area contributed by atoms with E-state index in [0.29, 0.717) is 5.41 Å². The van der Waals surface area contributed by atoms with Gasteiger partial charge in [-0.25, -0.2) is 0 Å². The molecule has 0 nitrogen and oxygen atoms in total. The van der Waals surface area contributed by atoms with Gasteiger partial charge < -0.3 is 0 Å². The van der Waals surface area contributed by atoms with Gasteiger partial charge in [-0.15, -0.1) is 0 Å². The molecule has 0 fully saturated rings. The van der Waals surface area contributed by atoms with Crippen LogP contribution in [0.1, 0.15) is 60.3 Å². The van der Waals surface area contributed by atoms with Crippen molar-refractivity contribution in [1.82, 2.24) is 0 Å². The molecule has 0 N–H and O–H groups in total. The largest absolute Gasteiger partial charge is 0.179 e. The van der Waals surface area contributed by atoms with Crippen molar-refractivity contribution in [3.8, 4) is 0 Å². The van der Waals surface area contributed by atoms with Crippen LogP contribution in [0, 0.1) is 11.3 Å². The molecule has 1 unspecified atom stereocenters. The standard InChI is InChI=1S/C14H30S2/c1-6-8-14(10-15,9-7-2)11-16-13(5)12(3)4/h12-13,15H,6-11H2,1-5H3. The lowest BCUT2D eigenvalue weighted by molar-refractivity contribution is 0.318. The molecule has 0 aromatic rings. The van der Waals surface area contributed by atoms with Crippen molar-refractivity contribution < 1.29 is 0 Å². The molecule has 0 heterocycles. The summed E-state index contributed by atoms with van der Waals surface area (Å²) in [4.78, 5) is 0. The van der Waals surface area contributed by atoms with Crippen molar-refractivity contribution in [3.05, 3.63) is 0 Å². The van der Waals surface area contributed by atoms with Crippen LogP contribution >= 0.6 is 24.4 Å². The van der Waals surface area contributed by atoms with E-state index in [-0.39, 0.29) is 0 Å². The van der Waals surface area contributed by atoms with Crippen LogP contribution in [-0.4, -0.2) is 16.8 Å². The molecule has 0 saturated heterocycles. The van der Waals surface area contributed by atoms with Crippen LogP contribution in [0.4, 0.5) is 0 Å². The number of rotatable bonds is 9. The van der Waals surface area contributed by atoms with Crippen LogP contribution < -0.4 is 0 Å². The Balaban J connectivity index is 4.29. The summed E-state index contributed by atoms with van der Waals surface area (Å²) < 4.78 is 0. The van der Waals surface area contributed by atoms with Crippen molar-refractivity contribution in [3.63, 3.8) is 0 Å². The van der Waals surface area contributed by atoms with Crippen molar-refractivity contribution >= 4 is 24.4 Å². The third-order valence-corrected chi connectivity index (χ3v) is 6.01. The first-order valence-corrected chi connectivity index (χ1v) is 8.42. The smallest absolute Gasteiger partial charge is 0.00419 e. The van der Waals surface area contributed by atoms with Gasteiger partial charge in [-0.3, -0.25) is 0 Å². The average molecular weight is 263 g/mol. The first kappa shape index (κ1) is 16.7. The van der Waals surface area contributed by atoms with Crippen LogP contribution in [-0.2, 0) is 0 Å². The Kier molecular flexibility index (Phi) is 9.12. The van der Waals surface area contributed by atoms with E-state index in [1.165, 1.54) is 31.4 Å². The van der Waals surface area contributed by atoms with Gasteiger partial charge in [-0.05, 0) is 35.7 Å². The molecule has 0 bridgehead atoms. The van der Waals surface area contributed by atoms with E-state index in [1.807, 2.05) is 0 Å². The van der Waals surface area contributed by atoms with Crippen LogP contribution in [0.3, 0.4) is 0 Å². The third kappa shape index (κ3) is 5.86. The second-order valence-corrected chi connectivity index (χ2v) is 7.10. The highest BCUT2D eigenvalue weighted by atomic mass is 32.2. The Morgan fingerprint density at radius 2 is 1.56 bits per heavy atom. The summed E-state index contributed by atoms with van der Waals surface area (Å²) in [6.07, 6.45) is 5.25. The molecule has 1 atom stereocenters. The molecule has 16 heavy (non-hydrogen) atoms. The highest BCUT2D eigenvalue weighted by Gasteiger charge is 2.27. The predicted molar refractivity (Wildman–Crippen MR) is 82.9 cm³/mol. The van der Waals surface area contributed by atoms with Gasteiger partial charge in [0.1, 0.15) is 0 Å². The molecule has 2 heteroatoms. The second-order valence-electron chi connectivity index (χ2n) is 5.42. The Morgan fingerprint density at radius 3 is 1.88 bits per heavy atom. The first-order chi connectivity index (χ1) is 7.51. The molecule has 0 aliphatic heterocycles. The van der Waals surface area contributed by atoms with Crippen molar-refractivity contribution in [2.75, 3.05) is 11.5 Å². The van der Waals surface area contributed by atoms with Gasteiger partial charge in [0, 0.05) is 5.25 Å². The maximum Gasteiger partial charge on any atom is 0.00419 e. The van der Waals surface area contributed by atoms with Crippen molar-refractivity contribution in [1.29, 1.82) is 0 Å². The van der Waals surface area contributed by atoms with Crippen LogP contribution in [0.2, 0.25) is 0 Å². The van der Waals surface area contributed by atoms with Crippen LogP contribution in [0.15, 0.2) is 0 Å². The zero-order valence-corrected chi connectivity index (χ0v) is 13.5. The lowest BCUT2D eigenvalue weighted by atomic mass is 9.83.